The summed E-state index contributed by atoms with van der Waals surface area (Å²) in [5.74, 6) is 3.08. The summed E-state index contributed by atoms with van der Waals surface area (Å²) in [5.41, 5.74) is 1.36. The molecule has 1 saturated heterocycles. The van der Waals surface area contributed by atoms with Gasteiger partial charge in [0, 0.05) is 11.8 Å². The van der Waals surface area contributed by atoms with Gasteiger partial charge in [-0.1, -0.05) is 11.6 Å². The van der Waals surface area contributed by atoms with Crippen LogP contribution in [0.25, 0.3) is 0 Å². The van der Waals surface area contributed by atoms with Gasteiger partial charge in [0.05, 0.1) is 4.08 Å². The summed E-state index contributed by atoms with van der Waals surface area (Å²) in [5, 5.41) is 0. The molecule has 94 valence electrons. The zero-order valence-electron chi connectivity index (χ0n) is 10.5. The average Bonchev–Trinajstić information content (AvgIpc) is 2.34. The van der Waals surface area contributed by atoms with Gasteiger partial charge in [-0.05, 0) is 50.5 Å². The van der Waals surface area contributed by atoms with Crippen molar-refractivity contribution >= 4 is 29.3 Å². The highest BCUT2D eigenvalue weighted by atomic mass is 32.2. The van der Waals surface area contributed by atoms with E-state index >= 15 is 0 Å². The topological polar surface area (TPSA) is 17.1 Å². The zero-order chi connectivity index (χ0) is 11.9. The summed E-state index contributed by atoms with van der Waals surface area (Å²) in [4.78, 5) is 12.2. The molecule has 1 heterocycles. The van der Waals surface area contributed by atoms with Crippen molar-refractivity contribution in [1.29, 1.82) is 0 Å². The highest BCUT2D eigenvalue weighted by Gasteiger charge is 2.46. The second-order valence-corrected chi connectivity index (χ2v) is 8.75. The molecule has 1 nitrogen and oxygen atoms in total. The smallest absolute Gasteiger partial charge is 0.142 e. The summed E-state index contributed by atoms with van der Waals surface area (Å²) in [7, 11) is 0. The van der Waals surface area contributed by atoms with Crippen molar-refractivity contribution < 1.29 is 4.79 Å². The molecular weight excluding hydrogens is 248 g/mol. The molecule has 1 atom stereocenters. The first-order valence-electron chi connectivity index (χ1n) is 6.68. The summed E-state index contributed by atoms with van der Waals surface area (Å²) in [6.07, 6.45) is 9.14. The minimum Gasteiger partial charge on any atom is -0.299 e. The lowest BCUT2D eigenvalue weighted by Crippen LogP contribution is -2.40. The lowest BCUT2D eigenvalue weighted by atomic mass is 9.65. The quantitative estimate of drug-likeness (QED) is 0.617. The van der Waals surface area contributed by atoms with Gasteiger partial charge in [0.25, 0.3) is 0 Å². The highest BCUT2D eigenvalue weighted by molar-refractivity contribution is 8.19. The zero-order valence-corrected chi connectivity index (χ0v) is 12.1. The van der Waals surface area contributed by atoms with Crippen molar-refractivity contribution in [2.45, 2.75) is 49.5 Å². The Hall–Kier alpha value is 0.110. The molecule has 0 aromatic heterocycles. The monoisotopic (exact) mass is 268 g/mol. The van der Waals surface area contributed by atoms with Gasteiger partial charge >= 0.3 is 0 Å². The molecule has 0 aromatic carbocycles. The molecule has 2 fully saturated rings. The van der Waals surface area contributed by atoms with E-state index in [4.69, 9.17) is 0 Å². The number of hydrogen-bond donors (Lipinski definition) is 0. The Morgan fingerprint density at radius 3 is 2.65 bits per heavy atom. The Kier molecular flexibility index (Phi) is 3.10. The maximum atomic E-state index is 12.2. The van der Waals surface area contributed by atoms with Crippen LogP contribution >= 0.6 is 23.5 Å². The third-order valence-electron chi connectivity index (χ3n) is 4.52. The van der Waals surface area contributed by atoms with Crippen LogP contribution in [-0.4, -0.2) is 21.4 Å². The fourth-order valence-electron chi connectivity index (χ4n) is 3.28. The van der Waals surface area contributed by atoms with Crippen molar-refractivity contribution in [2.24, 2.45) is 5.41 Å². The first kappa shape index (κ1) is 12.2. The molecule has 0 bridgehead atoms. The second kappa shape index (κ2) is 4.34. The van der Waals surface area contributed by atoms with Crippen LogP contribution in [0.1, 0.15) is 45.4 Å². The van der Waals surface area contributed by atoms with Crippen molar-refractivity contribution in [2.75, 3.05) is 11.5 Å². The maximum absolute atomic E-state index is 12.2. The van der Waals surface area contributed by atoms with E-state index in [2.05, 4.69) is 36.5 Å². The van der Waals surface area contributed by atoms with Gasteiger partial charge in [-0.25, -0.2) is 0 Å². The van der Waals surface area contributed by atoms with Gasteiger partial charge in [0.2, 0.25) is 0 Å². The van der Waals surface area contributed by atoms with E-state index in [9.17, 15) is 4.79 Å². The number of hydrogen-bond acceptors (Lipinski definition) is 3. The van der Waals surface area contributed by atoms with E-state index in [-0.39, 0.29) is 5.41 Å². The number of carbonyl (C=O) groups is 1. The van der Waals surface area contributed by atoms with Crippen LogP contribution in [0.3, 0.4) is 0 Å². The summed E-state index contributed by atoms with van der Waals surface area (Å²) in [6, 6.07) is 0. The molecule has 1 aliphatic heterocycles. The van der Waals surface area contributed by atoms with Crippen molar-refractivity contribution in [3.05, 3.63) is 11.6 Å². The van der Waals surface area contributed by atoms with E-state index in [1.165, 1.54) is 29.9 Å². The largest absolute Gasteiger partial charge is 0.299 e. The Morgan fingerprint density at radius 1 is 1.12 bits per heavy atom. The normalized spacial score (nSPS) is 36.5. The number of fused-ring (bicyclic) bond motifs is 1. The highest BCUT2D eigenvalue weighted by Crippen LogP contribution is 2.56. The van der Waals surface area contributed by atoms with E-state index < -0.39 is 0 Å². The molecule has 0 radical (unpaired) electrons. The van der Waals surface area contributed by atoms with Crippen LogP contribution in [0.4, 0.5) is 0 Å². The minimum absolute atomic E-state index is 0.0952. The van der Waals surface area contributed by atoms with Crippen LogP contribution in [0.2, 0.25) is 0 Å². The molecule has 0 N–H and O–H groups in total. The molecule has 0 aromatic rings. The fourth-order valence-corrected chi connectivity index (χ4v) is 6.51. The Labute approximate surface area is 112 Å². The molecule has 3 heteroatoms. The average molecular weight is 268 g/mol. The summed E-state index contributed by atoms with van der Waals surface area (Å²) < 4.78 is 0.324. The van der Waals surface area contributed by atoms with Gasteiger partial charge in [-0.2, -0.15) is 0 Å². The third kappa shape index (κ3) is 1.99. The standard InChI is InChI=1S/C14H20OS2/c1-13-6-7-14(16-8-3-9-17-14)10-11(13)4-2-5-12(13)15/h10H,2-9H2,1H3/t13-/m1/s1. The first-order chi connectivity index (χ1) is 8.15. The molecule has 1 spiro atoms. The van der Waals surface area contributed by atoms with Crippen molar-refractivity contribution in [3.8, 4) is 0 Å². The summed E-state index contributed by atoms with van der Waals surface area (Å²) >= 11 is 4.23. The van der Waals surface area contributed by atoms with E-state index in [1.807, 2.05) is 0 Å². The molecule has 17 heavy (non-hydrogen) atoms. The van der Waals surface area contributed by atoms with Gasteiger partial charge in [-0.3, -0.25) is 4.79 Å². The van der Waals surface area contributed by atoms with Crippen LogP contribution in [0, 0.1) is 5.41 Å². The Morgan fingerprint density at radius 2 is 1.88 bits per heavy atom. The molecule has 2 aliphatic carbocycles. The SMILES string of the molecule is C[C@@]12CCC3(C=C1CCCC2=O)SCCCS3. The Bertz CT molecular complexity index is 368. The predicted molar refractivity (Wildman–Crippen MR) is 76.5 cm³/mol. The number of rotatable bonds is 0. The Balaban J connectivity index is 1.93. The molecule has 0 amide bonds. The number of carbonyl (C=O) groups excluding carboxylic acids is 1. The van der Waals surface area contributed by atoms with E-state index in [1.54, 1.807) is 0 Å². The number of ketones is 1. The first-order valence-corrected chi connectivity index (χ1v) is 8.65. The maximum Gasteiger partial charge on any atom is 0.142 e. The van der Waals surface area contributed by atoms with Gasteiger partial charge in [0.1, 0.15) is 5.78 Å². The predicted octanol–water partition coefficient (Wildman–Crippen LogP) is 4.03. The van der Waals surface area contributed by atoms with Gasteiger partial charge in [-0.15, -0.1) is 23.5 Å². The third-order valence-corrected chi connectivity index (χ3v) is 7.84. The van der Waals surface area contributed by atoms with E-state index in [0.29, 0.717) is 9.86 Å². The van der Waals surface area contributed by atoms with Crippen molar-refractivity contribution in [1.82, 2.24) is 0 Å². The second-order valence-electron chi connectivity index (χ2n) is 5.64. The number of allylic oxidation sites excluding steroid dienone is 1. The van der Waals surface area contributed by atoms with Gasteiger partial charge < -0.3 is 0 Å². The minimum atomic E-state index is -0.0952. The van der Waals surface area contributed by atoms with Crippen LogP contribution in [0.15, 0.2) is 11.6 Å². The van der Waals surface area contributed by atoms with Crippen LogP contribution in [-0.2, 0) is 4.79 Å². The van der Waals surface area contributed by atoms with Crippen LogP contribution in [0.5, 0.6) is 0 Å². The molecular formula is C14H20OS2. The molecule has 0 unspecified atom stereocenters. The number of thioether (sulfide) groups is 2. The lowest BCUT2D eigenvalue weighted by Gasteiger charge is -2.46. The van der Waals surface area contributed by atoms with Gasteiger partial charge in [0.15, 0.2) is 0 Å². The number of Topliss-reactive ketones (excluding diaryl/α,β-unsaturated/α-hetero) is 1. The molecule has 3 rings (SSSR count). The molecule has 3 aliphatic rings. The lowest BCUT2D eigenvalue weighted by molar-refractivity contribution is -0.128. The van der Waals surface area contributed by atoms with Crippen molar-refractivity contribution in [3.63, 3.8) is 0 Å². The fraction of sp³-hybridized carbons (Fsp3) is 0.786. The molecule has 1 saturated carbocycles. The van der Waals surface area contributed by atoms with E-state index in [0.717, 1.165) is 25.7 Å². The van der Waals surface area contributed by atoms with Crippen LogP contribution < -0.4 is 0 Å². The summed E-state index contributed by atoms with van der Waals surface area (Å²) in [6.45, 7) is 2.19.